The van der Waals surface area contributed by atoms with Crippen LogP contribution in [0.25, 0.3) is 10.9 Å². The number of fused-ring (bicyclic) bond motifs is 1. The fourth-order valence-electron chi connectivity index (χ4n) is 3.11. The second-order valence-electron chi connectivity index (χ2n) is 5.99. The summed E-state index contributed by atoms with van der Waals surface area (Å²) in [4.78, 5) is 17.0. The van der Waals surface area contributed by atoms with Crippen molar-refractivity contribution in [1.82, 2.24) is 4.98 Å². The average molecular weight is 279 g/mol. The number of hydrogen-bond donors (Lipinski definition) is 1. The molecule has 0 aliphatic heterocycles. The van der Waals surface area contributed by atoms with Crippen molar-refractivity contribution in [2.45, 2.75) is 26.7 Å². The molecule has 2 aromatic rings. The second kappa shape index (κ2) is 4.85. The molecule has 1 saturated carbocycles. The van der Waals surface area contributed by atoms with Gasteiger partial charge in [0.15, 0.2) is 0 Å². The van der Waals surface area contributed by atoms with Crippen molar-refractivity contribution in [2.75, 3.05) is 5.32 Å². The van der Waals surface area contributed by atoms with Crippen molar-refractivity contribution < 1.29 is 4.79 Å². The van der Waals surface area contributed by atoms with E-state index in [0.717, 1.165) is 22.3 Å². The van der Waals surface area contributed by atoms with Crippen LogP contribution in [0.4, 0.5) is 5.69 Å². The molecular formula is C17H17N3O. The third-order valence-electron chi connectivity index (χ3n) is 4.13. The van der Waals surface area contributed by atoms with Crippen LogP contribution in [0.3, 0.4) is 0 Å². The zero-order valence-electron chi connectivity index (χ0n) is 12.2. The van der Waals surface area contributed by atoms with E-state index in [2.05, 4.69) is 23.3 Å². The third kappa shape index (κ3) is 2.25. The Morgan fingerprint density at radius 1 is 1.43 bits per heavy atom. The number of amides is 1. The van der Waals surface area contributed by atoms with Gasteiger partial charge in [0.25, 0.3) is 0 Å². The van der Waals surface area contributed by atoms with Gasteiger partial charge in [-0.15, -0.1) is 0 Å². The first-order valence-electron chi connectivity index (χ1n) is 7.13. The normalized spacial score (nSPS) is 24.1. The van der Waals surface area contributed by atoms with Gasteiger partial charge in [-0.25, -0.2) is 0 Å². The van der Waals surface area contributed by atoms with Crippen molar-refractivity contribution in [2.24, 2.45) is 11.3 Å². The smallest absolute Gasteiger partial charge is 0.244 e. The summed E-state index contributed by atoms with van der Waals surface area (Å²) in [6.07, 6.45) is 1.27. The maximum atomic E-state index is 12.5. The highest BCUT2D eigenvalue weighted by molar-refractivity contribution is 6.04. The quantitative estimate of drug-likeness (QED) is 0.916. The molecule has 4 heteroatoms. The van der Waals surface area contributed by atoms with Crippen molar-refractivity contribution in [1.29, 1.82) is 5.26 Å². The van der Waals surface area contributed by atoms with Gasteiger partial charge in [0.1, 0.15) is 5.41 Å². The first-order chi connectivity index (χ1) is 10.0. The first kappa shape index (κ1) is 13.6. The number of anilines is 1. The predicted octanol–water partition coefficient (Wildman–Crippen LogP) is 3.42. The monoisotopic (exact) mass is 279 g/mol. The van der Waals surface area contributed by atoms with E-state index in [-0.39, 0.29) is 5.91 Å². The molecule has 0 spiro atoms. The summed E-state index contributed by atoms with van der Waals surface area (Å²) in [7, 11) is 0. The lowest BCUT2D eigenvalue weighted by molar-refractivity contribution is -0.128. The largest absolute Gasteiger partial charge is 0.324 e. The van der Waals surface area contributed by atoms with Crippen LogP contribution in [-0.4, -0.2) is 10.9 Å². The van der Waals surface area contributed by atoms with E-state index >= 15 is 0 Å². The van der Waals surface area contributed by atoms with Gasteiger partial charge in [0.2, 0.25) is 5.91 Å². The molecule has 1 aromatic carbocycles. The molecule has 0 radical (unpaired) electrons. The van der Waals surface area contributed by atoms with Crippen molar-refractivity contribution in [3.05, 3.63) is 36.0 Å². The lowest BCUT2D eigenvalue weighted by atomic mass is 9.63. The highest BCUT2D eigenvalue weighted by atomic mass is 16.2. The summed E-state index contributed by atoms with van der Waals surface area (Å²) in [5.74, 6) is 0.241. The number of aromatic nitrogens is 1. The van der Waals surface area contributed by atoms with E-state index in [4.69, 9.17) is 0 Å². The molecule has 21 heavy (non-hydrogen) atoms. The zero-order valence-corrected chi connectivity index (χ0v) is 12.2. The Kier molecular flexibility index (Phi) is 3.13. The summed E-state index contributed by atoms with van der Waals surface area (Å²) in [6, 6.07) is 11.7. The van der Waals surface area contributed by atoms with Gasteiger partial charge >= 0.3 is 0 Å². The van der Waals surface area contributed by atoms with Crippen LogP contribution in [0, 0.1) is 29.6 Å². The van der Waals surface area contributed by atoms with Gasteiger partial charge in [0, 0.05) is 11.1 Å². The fraction of sp³-hybridized carbons (Fsp3) is 0.353. The summed E-state index contributed by atoms with van der Waals surface area (Å²) in [5, 5.41) is 13.2. The maximum absolute atomic E-state index is 12.5. The number of para-hydroxylation sites is 1. The van der Waals surface area contributed by atoms with Gasteiger partial charge < -0.3 is 5.32 Å². The molecule has 106 valence electrons. The topological polar surface area (TPSA) is 65.8 Å². The van der Waals surface area contributed by atoms with Gasteiger partial charge in [-0.3, -0.25) is 9.78 Å². The number of benzene rings is 1. The molecule has 1 amide bonds. The van der Waals surface area contributed by atoms with Crippen molar-refractivity contribution in [3.63, 3.8) is 0 Å². The number of nitrogens with one attached hydrogen (secondary N) is 1. The van der Waals surface area contributed by atoms with Crippen LogP contribution in [-0.2, 0) is 4.79 Å². The highest BCUT2D eigenvalue weighted by Gasteiger charge is 2.49. The van der Waals surface area contributed by atoms with Crippen LogP contribution < -0.4 is 5.32 Å². The Hall–Kier alpha value is -2.41. The molecule has 0 saturated heterocycles. The molecule has 3 rings (SSSR count). The lowest BCUT2D eigenvalue weighted by Gasteiger charge is -2.39. The van der Waals surface area contributed by atoms with Crippen LogP contribution >= 0.6 is 0 Å². The van der Waals surface area contributed by atoms with Crippen LogP contribution in [0.5, 0.6) is 0 Å². The number of rotatable bonds is 2. The predicted molar refractivity (Wildman–Crippen MR) is 81.6 cm³/mol. The van der Waals surface area contributed by atoms with Gasteiger partial charge in [0.05, 0.1) is 17.3 Å². The minimum Gasteiger partial charge on any atom is -0.324 e. The molecule has 0 unspecified atom stereocenters. The Balaban J connectivity index is 1.95. The lowest BCUT2D eigenvalue weighted by Crippen LogP contribution is -2.45. The average Bonchev–Trinajstić information content (AvgIpc) is 2.43. The zero-order chi connectivity index (χ0) is 15.0. The first-order valence-corrected chi connectivity index (χ1v) is 7.13. The minimum atomic E-state index is -0.863. The minimum absolute atomic E-state index is 0.196. The van der Waals surface area contributed by atoms with Gasteiger partial charge in [-0.05, 0) is 37.8 Å². The summed E-state index contributed by atoms with van der Waals surface area (Å²) < 4.78 is 0. The Morgan fingerprint density at radius 3 is 2.81 bits per heavy atom. The van der Waals surface area contributed by atoms with Crippen LogP contribution in [0.15, 0.2) is 30.3 Å². The SMILES string of the molecule is Cc1cc(NC(=O)C2(C#N)CC(C)C2)c2ccccc2n1. The van der Waals surface area contributed by atoms with E-state index in [9.17, 15) is 10.1 Å². The van der Waals surface area contributed by atoms with E-state index in [1.807, 2.05) is 37.3 Å². The summed E-state index contributed by atoms with van der Waals surface area (Å²) in [6.45, 7) is 3.96. The Labute approximate surface area is 123 Å². The van der Waals surface area contributed by atoms with Crippen molar-refractivity contribution >= 4 is 22.5 Å². The number of pyridine rings is 1. The molecular weight excluding hydrogens is 262 g/mol. The number of carbonyl (C=O) groups is 1. The van der Waals surface area contributed by atoms with Crippen LogP contribution in [0.2, 0.25) is 0 Å². The van der Waals surface area contributed by atoms with E-state index in [1.54, 1.807) is 0 Å². The standard InChI is InChI=1S/C17H17N3O/c1-11-8-17(9-11,10-18)16(21)20-15-7-12(2)19-14-6-4-3-5-13(14)15/h3-7,11H,8-9H2,1-2H3,(H,19,20,21). The third-order valence-corrected chi connectivity index (χ3v) is 4.13. The molecule has 1 N–H and O–H groups in total. The van der Waals surface area contributed by atoms with Crippen LogP contribution in [0.1, 0.15) is 25.5 Å². The van der Waals surface area contributed by atoms with Gasteiger partial charge in [-0.1, -0.05) is 25.1 Å². The van der Waals surface area contributed by atoms with E-state index in [1.165, 1.54) is 0 Å². The Morgan fingerprint density at radius 2 is 2.14 bits per heavy atom. The second-order valence-corrected chi connectivity index (χ2v) is 5.99. The number of hydrogen-bond acceptors (Lipinski definition) is 3. The summed E-state index contributed by atoms with van der Waals surface area (Å²) >= 11 is 0. The Bertz CT molecular complexity index is 754. The molecule has 1 fully saturated rings. The molecule has 1 heterocycles. The maximum Gasteiger partial charge on any atom is 0.244 e. The molecule has 1 aliphatic rings. The van der Waals surface area contributed by atoms with E-state index < -0.39 is 5.41 Å². The highest BCUT2D eigenvalue weighted by Crippen LogP contribution is 2.45. The molecule has 0 atom stereocenters. The summed E-state index contributed by atoms with van der Waals surface area (Å²) in [5.41, 5.74) is 1.56. The van der Waals surface area contributed by atoms with E-state index in [0.29, 0.717) is 18.8 Å². The number of nitrogens with zero attached hydrogens (tertiary/aromatic N) is 2. The molecule has 4 nitrogen and oxygen atoms in total. The van der Waals surface area contributed by atoms with Gasteiger partial charge in [-0.2, -0.15) is 5.26 Å². The number of carbonyl (C=O) groups excluding carboxylic acids is 1. The fourth-order valence-corrected chi connectivity index (χ4v) is 3.11. The number of aryl methyl sites for hydroxylation is 1. The molecule has 1 aromatic heterocycles. The number of nitriles is 1. The van der Waals surface area contributed by atoms with Crippen molar-refractivity contribution in [3.8, 4) is 6.07 Å². The molecule has 0 bridgehead atoms. The molecule has 1 aliphatic carbocycles.